The van der Waals surface area contributed by atoms with Gasteiger partial charge in [0.05, 0.1) is 13.2 Å². The van der Waals surface area contributed by atoms with E-state index in [4.69, 9.17) is 9.47 Å². The molecule has 0 unspecified atom stereocenters. The number of hydrogen-bond acceptors (Lipinski definition) is 5. The molecule has 1 N–H and O–H groups in total. The van der Waals surface area contributed by atoms with Crippen molar-refractivity contribution in [3.05, 3.63) is 40.1 Å². The van der Waals surface area contributed by atoms with E-state index in [1.807, 2.05) is 6.92 Å². The van der Waals surface area contributed by atoms with Crippen LogP contribution in [0.4, 0.5) is 4.39 Å². The van der Waals surface area contributed by atoms with Crippen LogP contribution < -0.4 is 15.0 Å². The van der Waals surface area contributed by atoms with Crippen LogP contribution in [0.25, 0.3) is 16.7 Å². The van der Waals surface area contributed by atoms with Crippen LogP contribution >= 0.6 is 0 Å². The van der Waals surface area contributed by atoms with E-state index in [2.05, 4.69) is 15.1 Å². The van der Waals surface area contributed by atoms with E-state index < -0.39 is 11.4 Å². The summed E-state index contributed by atoms with van der Waals surface area (Å²) < 4.78 is 26.3. The molecule has 8 heteroatoms. The zero-order valence-electron chi connectivity index (χ0n) is 13.6. The van der Waals surface area contributed by atoms with Crippen LogP contribution in [0.3, 0.4) is 0 Å². The van der Waals surface area contributed by atoms with Crippen molar-refractivity contribution in [2.24, 2.45) is 0 Å². The normalized spacial score (nSPS) is 11.0. The summed E-state index contributed by atoms with van der Waals surface area (Å²) in [6, 6.07) is 3.10. The van der Waals surface area contributed by atoms with E-state index in [1.165, 1.54) is 16.9 Å². The van der Waals surface area contributed by atoms with Gasteiger partial charge in [0.15, 0.2) is 11.5 Å². The van der Waals surface area contributed by atoms with Crippen molar-refractivity contribution in [3.8, 4) is 17.4 Å². The molecule has 0 saturated carbocycles. The van der Waals surface area contributed by atoms with E-state index in [0.29, 0.717) is 24.5 Å². The van der Waals surface area contributed by atoms with Crippen LogP contribution in [0.5, 0.6) is 11.8 Å². The van der Waals surface area contributed by atoms with Gasteiger partial charge >= 0.3 is 0 Å². The highest BCUT2D eigenvalue weighted by atomic mass is 19.1. The van der Waals surface area contributed by atoms with Crippen molar-refractivity contribution >= 4 is 11.0 Å². The van der Waals surface area contributed by atoms with Gasteiger partial charge in [-0.05, 0) is 32.4 Å². The van der Waals surface area contributed by atoms with Crippen LogP contribution in [-0.4, -0.2) is 33.0 Å². The molecule has 0 bridgehead atoms. The van der Waals surface area contributed by atoms with Gasteiger partial charge < -0.3 is 9.47 Å². The first kappa shape index (κ1) is 16.0. The second-order valence-electron chi connectivity index (χ2n) is 5.12. The summed E-state index contributed by atoms with van der Waals surface area (Å²) in [5, 5.41) is 4.46. The monoisotopic (exact) mass is 332 g/mol. The van der Waals surface area contributed by atoms with Crippen molar-refractivity contribution in [3.63, 3.8) is 0 Å². The lowest BCUT2D eigenvalue weighted by atomic mass is 10.2. The highest BCUT2D eigenvalue weighted by molar-refractivity contribution is 5.73. The highest BCUT2D eigenvalue weighted by Gasteiger charge is 2.15. The smallest absolute Gasteiger partial charge is 0.298 e. The number of H-pyrrole nitrogens is 1. The van der Waals surface area contributed by atoms with E-state index >= 15 is 0 Å². The largest absolute Gasteiger partial charge is 0.494 e. The Balaban J connectivity index is 2.13. The third kappa shape index (κ3) is 2.82. The number of nitrogens with zero attached hydrogens (tertiary/aromatic N) is 3. The number of aryl methyl sites for hydroxylation is 1. The fraction of sp³-hybridized carbons (Fsp3) is 0.312. The lowest BCUT2D eigenvalue weighted by Gasteiger charge is -2.10. The zero-order valence-corrected chi connectivity index (χ0v) is 13.6. The second kappa shape index (κ2) is 6.31. The summed E-state index contributed by atoms with van der Waals surface area (Å²) in [6.07, 6.45) is 1.45. The van der Waals surface area contributed by atoms with E-state index in [1.54, 1.807) is 19.9 Å². The van der Waals surface area contributed by atoms with Crippen molar-refractivity contribution in [2.45, 2.75) is 20.8 Å². The minimum absolute atomic E-state index is 0.0872. The Kier molecular flexibility index (Phi) is 4.20. The lowest BCUT2D eigenvalue weighted by molar-refractivity contribution is 0.313. The van der Waals surface area contributed by atoms with Gasteiger partial charge in [0.1, 0.15) is 16.8 Å². The number of benzene rings is 1. The van der Waals surface area contributed by atoms with Gasteiger partial charge in [-0.2, -0.15) is 4.98 Å². The Hall–Kier alpha value is -2.90. The molecule has 0 aliphatic heterocycles. The van der Waals surface area contributed by atoms with Crippen molar-refractivity contribution in [1.29, 1.82) is 0 Å². The van der Waals surface area contributed by atoms with Gasteiger partial charge in [-0.3, -0.25) is 9.78 Å². The molecule has 2 heterocycles. The van der Waals surface area contributed by atoms with Gasteiger partial charge in [-0.1, -0.05) is 0 Å². The number of aromatic amines is 1. The number of hydrogen-bond donors (Lipinski definition) is 1. The molecule has 3 rings (SSSR count). The maximum Gasteiger partial charge on any atom is 0.298 e. The lowest BCUT2D eigenvalue weighted by Crippen LogP contribution is -2.09. The fourth-order valence-corrected chi connectivity index (χ4v) is 2.46. The van der Waals surface area contributed by atoms with Gasteiger partial charge in [0.25, 0.3) is 11.6 Å². The molecule has 2 aromatic heterocycles. The Bertz CT molecular complexity index is 925. The first-order valence-electron chi connectivity index (χ1n) is 7.59. The summed E-state index contributed by atoms with van der Waals surface area (Å²) in [5.74, 6) is -0.0460. The van der Waals surface area contributed by atoms with Crippen molar-refractivity contribution in [2.75, 3.05) is 13.2 Å². The molecule has 0 fully saturated rings. The molecule has 0 aliphatic carbocycles. The second-order valence-corrected chi connectivity index (χ2v) is 5.12. The van der Waals surface area contributed by atoms with Gasteiger partial charge in [-0.15, -0.1) is 5.10 Å². The average Bonchev–Trinajstić information content (AvgIpc) is 2.91. The standard InChI is InChI=1S/C16H17FN4O3/c1-4-23-10-6-9(3)13(12(17)7-10)21-8-11-14(20-21)18-16(24-5-2)19-15(11)22/h6-8H,4-5H2,1-3H3,(H,18,19,20,22). The molecule has 0 aliphatic rings. The summed E-state index contributed by atoms with van der Waals surface area (Å²) in [5.41, 5.74) is 0.676. The van der Waals surface area contributed by atoms with Gasteiger partial charge in [0, 0.05) is 12.3 Å². The SMILES string of the molecule is CCOc1cc(C)c(-n2cc3c(=O)[nH]c(OCC)nc3n2)c(F)c1. The molecule has 0 saturated heterocycles. The Morgan fingerprint density at radius 2 is 2.00 bits per heavy atom. The number of aromatic nitrogens is 4. The summed E-state index contributed by atoms with van der Waals surface area (Å²) in [7, 11) is 0. The molecule has 0 radical (unpaired) electrons. The number of fused-ring (bicyclic) bond motifs is 1. The van der Waals surface area contributed by atoms with E-state index in [9.17, 15) is 9.18 Å². The van der Waals surface area contributed by atoms with Crippen LogP contribution in [0, 0.1) is 12.7 Å². The minimum atomic E-state index is -0.493. The Morgan fingerprint density at radius 3 is 2.67 bits per heavy atom. The van der Waals surface area contributed by atoms with Gasteiger partial charge in [0.2, 0.25) is 0 Å². The van der Waals surface area contributed by atoms with Gasteiger partial charge in [-0.25, -0.2) is 9.07 Å². The number of halogens is 1. The summed E-state index contributed by atoms with van der Waals surface area (Å²) in [4.78, 5) is 18.7. The molecular formula is C16H17FN4O3. The zero-order chi connectivity index (χ0) is 17.3. The van der Waals surface area contributed by atoms with Crippen molar-refractivity contribution < 1.29 is 13.9 Å². The quantitative estimate of drug-likeness (QED) is 0.775. The van der Waals surface area contributed by atoms with E-state index in [-0.39, 0.29) is 22.7 Å². The highest BCUT2D eigenvalue weighted by Crippen LogP contribution is 2.25. The van der Waals surface area contributed by atoms with Crippen LogP contribution in [0.1, 0.15) is 19.4 Å². The summed E-state index contributed by atoms with van der Waals surface area (Å²) in [6.45, 7) is 6.17. The third-order valence-corrected chi connectivity index (χ3v) is 3.42. The van der Waals surface area contributed by atoms with Crippen LogP contribution in [0.15, 0.2) is 23.1 Å². The van der Waals surface area contributed by atoms with Crippen molar-refractivity contribution in [1.82, 2.24) is 19.7 Å². The number of ether oxygens (including phenoxy) is 2. The first-order valence-corrected chi connectivity index (χ1v) is 7.59. The maximum absolute atomic E-state index is 14.5. The Labute approximate surface area is 137 Å². The predicted octanol–water partition coefficient (Wildman–Crippen LogP) is 2.35. The Morgan fingerprint density at radius 1 is 1.25 bits per heavy atom. The molecule has 0 spiro atoms. The average molecular weight is 332 g/mol. The third-order valence-electron chi connectivity index (χ3n) is 3.42. The molecule has 0 atom stereocenters. The minimum Gasteiger partial charge on any atom is -0.494 e. The molecule has 7 nitrogen and oxygen atoms in total. The molecule has 3 aromatic rings. The molecule has 126 valence electrons. The molecule has 0 amide bonds. The number of nitrogens with one attached hydrogen (secondary N) is 1. The predicted molar refractivity (Wildman–Crippen MR) is 86.5 cm³/mol. The summed E-state index contributed by atoms with van der Waals surface area (Å²) >= 11 is 0. The molecular weight excluding hydrogens is 315 g/mol. The maximum atomic E-state index is 14.5. The number of rotatable bonds is 5. The topological polar surface area (TPSA) is 82.0 Å². The van der Waals surface area contributed by atoms with Crippen LogP contribution in [-0.2, 0) is 0 Å². The molecule has 24 heavy (non-hydrogen) atoms. The van der Waals surface area contributed by atoms with Crippen LogP contribution in [0.2, 0.25) is 0 Å². The van der Waals surface area contributed by atoms with E-state index in [0.717, 1.165) is 0 Å². The first-order chi connectivity index (χ1) is 11.5. The fourth-order valence-electron chi connectivity index (χ4n) is 2.46. The molecule has 1 aromatic carbocycles.